The Hall–Kier alpha value is -2.83. The topological polar surface area (TPSA) is 72.2 Å². The van der Waals surface area contributed by atoms with Gasteiger partial charge in [0, 0.05) is 6.42 Å². The van der Waals surface area contributed by atoms with E-state index in [0.29, 0.717) is 0 Å². The van der Waals surface area contributed by atoms with Gasteiger partial charge in [0.05, 0.1) is 12.0 Å². The molecule has 1 atom stereocenters. The Kier molecular flexibility index (Phi) is 6.02. The van der Waals surface area contributed by atoms with E-state index in [-0.39, 0.29) is 18.4 Å². The number of amides is 2. The molecule has 2 amide bonds. The summed E-state index contributed by atoms with van der Waals surface area (Å²) in [6.45, 7) is 1.87. The van der Waals surface area contributed by atoms with E-state index in [1.54, 1.807) is 0 Å². The normalized spacial score (nSPS) is 12.5. The second-order valence-electron chi connectivity index (χ2n) is 6.03. The van der Waals surface area contributed by atoms with Crippen molar-refractivity contribution in [2.75, 3.05) is 0 Å². The second-order valence-corrected chi connectivity index (χ2v) is 6.03. The second kappa shape index (κ2) is 8.03. The molecule has 7 heteroatoms. The smallest absolute Gasteiger partial charge is 0.368 e. The molecule has 0 aliphatic rings. The Morgan fingerprint density at radius 1 is 1.12 bits per heavy atom. The first-order valence-electron chi connectivity index (χ1n) is 7.96. The highest BCUT2D eigenvalue weighted by Gasteiger charge is 2.30. The van der Waals surface area contributed by atoms with Crippen LogP contribution in [0.15, 0.2) is 48.5 Å². The van der Waals surface area contributed by atoms with Crippen molar-refractivity contribution in [2.45, 2.75) is 32.0 Å². The maximum Gasteiger partial charge on any atom is 0.416 e. The van der Waals surface area contributed by atoms with Gasteiger partial charge in [-0.25, -0.2) is 0 Å². The molecular formula is C19H19F3N2O2. The molecule has 138 valence electrons. The quantitative estimate of drug-likeness (QED) is 0.827. The number of hydrogen-bond acceptors (Lipinski definition) is 2. The molecule has 0 radical (unpaired) electrons. The van der Waals surface area contributed by atoms with Gasteiger partial charge in [-0.15, -0.1) is 0 Å². The van der Waals surface area contributed by atoms with Crippen molar-refractivity contribution in [1.29, 1.82) is 0 Å². The van der Waals surface area contributed by atoms with Crippen molar-refractivity contribution in [1.82, 2.24) is 5.32 Å². The average Bonchev–Trinajstić information content (AvgIpc) is 2.55. The summed E-state index contributed by atoms with van der Waals surface area (Å²) < 4.78 is 38.2. The molecule has 0 fully saturated rings. The summed E-state index contributed by atoms with van der Waals surface area (Å²) in [6, 6.07) is 10.9. The molecule has 4 nitrogen and oxygen atoms in total. The van der Waals surface area contributed by atoms with Gasteiger partial charge in [0.15, 0.2) is 0 Å². The number of rotatable bonds is 6. The zero-order valence-electron chi connectivity index (χ0n) is 14.1. The zero-order valence-corrected chi connectivity index (χ0v) is 14.1. The van der Waals surface area contributed by atoms with E-state index in [1.807, 2.05) is 31.2 Å². The third-order valence-corrected chi connectivity index (χ3v) is 3.98. The Labute approximate surface area is 149 Å². The lowest BCUT2D eigenvalue weighted by Gasteiger charge is -2.17. The molecule has 0 aliphatic heterocycles. The van der Waals surface area contributed by atoms with Crippen LogP contribution in [0, 0.1) is 6.92 Å². The van der Waals surface area contributed by atoms with Gasteiger partial charge in [0.1, 0.15) is 6.04 Å². The maximum atomic E-state index is 12.7. The summed E-state index contributed by atoms with van der Waals surface area (Å²) in [5, 5.41) is 2.50. The number of nitrogens with two attached hydrogens (primary N) is 1. The first-order chi connectivity index (χ1) is 12.2. The molecule has 0 heterocycles. The molecule has 3 N–H and O–H groups in total. The van der Waals surface area contributed by atoms with Crippen molar-refractivity contribution in [2.24, 2.45) is 5.73 Å². The van der Waals surface area contributed by atoms with Crippen molar-refractivity contribution in [3.05, 3.63) is 70.8 Å². The molecule has 0 aliphatic carbocycles. The van der Waals surface area contributed by atoms with Crippen LogP contribution >= 0.6 is 0 Å². The van der Waals surface area contributed by atoms with Gasteiger partial charge in [-0.05, 0) is 29.7 Å². The Morgan fingerprint density at radius 2 is 1.81 bits per heavy atom. The third kappa shape index (κ3) is 5.34. The largest absolute Gasteiger partial charge is 0.416 e. The van der Waals surface area contributed by atoms with E-state index < -0.39 is 29.6 Å². The lowest BCUT2D eigenvalue weighted by molar-refractivity contribution is -0.137. The molecule has 0 spiro atoms. The lowest BCUT2D eigenvalue weighted by atomic mass is 10.0. The van der Waals surface area contributed by atoms with Crippen LogP contribution < -0.4 is 11.1 Å². The molecule has 0 saturated carbocycles. The van der Waals surface area contributed by atoms with Crippen molar-refractivity contribution < 1.29 is 22.8 Å². The lowest BCUT2D eigenvalue weighted by Crippen LogP contribution is -2.46. The maximum absolute atomic E-state index is 12.7. The van der Waals surface area contributed by atoms with Gasteiger partial charge in [-0.3, -0.25) is 9.59 Å². The number of alkyl halides is 3. The predicted molar refractivity (Wildman–Crippen MR) is 91.2 cm³/mol. The van der Waals surface area contributed by atoms with Crippen LogP contribution in [0.5, 0.6) is 0 Å². The van der Waals surface area contributed by atoms with Crippen molar-refractivity contribution in [3.63, 3.8) is 0 Å². The molecule has 2 aromatic rings. The van der Waals surface area contributed by atoms with E-state index in [1.165, 1.54) is 12.1 Å². The number of benzene rings is 2. The van der Waals surface area contributed by atoms with Crippen LogP contribution in [0.25, 0.3) is 0 Å². The van der Waals surface area contributed by atoms with Gasteiger partial charge in [0.2, 0.25) is 11.8 Å². The van der Waals surface area contributed by atoms with Crippen LogP contribution in [-0.2, 0) is 28.6 Å². The van der Waals surface area contributed by atoms with Crippen LogP contribution in [0.3, 0.4) is 0 Å². The number of hydrogen-bond donors (Lipinski definition) is 2. The fourth-order valence-electron chi connectivity index (χ4n) is 2.57. The SMILES string of the molecule is Cc1ccccc1C[C@@H](NC(=O)Cc1cccc(C(F)(F)F)c1)C(N)=O. The number of halogens is 3. The van der Waals surface area contributed by atoms with Crippen LogP contribution in [-0.4, -0.2) is 17.9 Å². The summed E-state index contributed by atoms with van der Waals surface area (Å²) in [4.78, 5) is 23.8. The van der Waals surface area contributed by atoms with E-state index in [0.717, 1.165) is 23.3 Å². The van der Waals surface area contributed by atoms with Gasteiger partial charge >= 0.3 is 6.18 Å². The molecule has 0 bridgehead atoms. The summed E-state index contributed by atoms with van der Waals surface area (Å²) in [6.07, 6.45) is -4.54. The number of nitrogens with one attached hydrogen (secondary N) is 1. The minimum Gasteiger partial charge on any atom is -0.368 e. The number of aryl methyl sites for hydroxylation is 1. The Balaban J connectivity index is 2.07. The third-order valence-electron chi connectivity index (χ3n) is 3.98. The van der Waals surface area contributed by atoms with Crippen molar-refractivity contribution >= 4 is 11.8 Å². The minimum atomic E-state index is -4.48. The molecule has 2 aromatic carbocycles. The molecule has 0 unspecified atom stereocenters. The van der Waals surface area contributed by atoms with Crippen LogP contribution in [0.2, 0.25) is 0 Å². The summed E-state index contributed by atoms with van der Waals surface area (Å²) in [5.74, 6) is -1.27. The minimum absolute atomic E-state index is 0.205. The molecule has 2 rings (SSSR count). The van der Waals surface area contributed by atoms with Crippen LogP contribution in [0.1, 0.15) is 22.3 Å². The number of carbonyl (C=O) groups is 2. The van der Waals surface area contributed by atoms with Crippen LogP contribution in [0.4, 0.5) is 13.2 Å². The molecule has 26 heavy (non-hydrogen) atoms. The van der Waals surface area contributed by atoms with E-state index in [2.05, 4.69) is 5.32 Å². The van der Waals surface area contributed by atoms with E-state index in [4.69, 9.17) is 5.73 Å². The molecule has 0 aromatic heterocycles. The first kappa shape index (κ1) is 19.5. The predicted octanol–water partition coefficient (Wildman–Crippen LogP) is 2.77. The highest BCUT2D eigenvalue weighted by molar-refractivity contribution is 5.87. The summed E-state index contributed by atoms with van der Waals surface area (Å²) in [7, 11) is 0. The standard InChI is InChI=1S/C19H19F3N2O2/c1-12-5-2-3-7-14(12)11-16(18(23)26)24-17(25)10-13-6-4-8-15(9-13)19(20,21)22/h2-9,16H,10-11H2,1H3,(H2,23,26)(H,24,25)/t16-/m1/s1. The highest BCUT2D eigenvalue weighted by Crippen LogP contribution is 2.29. The average molecular weight is 364 g/mol. The number of carbonyl (C=O) groups excluding carboxylic acids is 2. The first-order valence-corrected chi connectivity index (χ1v) is 7.96. The fraction of sp³-hybridized carbons (Fsp3) is 0.263. The summed E-state index contributed by atoms with van der Waals surface area (Å²) in [5.41, 5.74) is 6.54. The Morgan fingerprint density at radius 3 is 2.42 bits per heavy atom. The van der Waals surface area contributed by atoms with Gasteiger partial charge in [0.25, 0.3) is 0 Å². The van der Waals surface area contributed by atoms with Crippen molar-refractivity contribution in [3.8, 4) is 0 Å². The zero-order chi connectivity index (χ0) is 19.3. The monoisotopic (exact) mass is 364 g/mol. The summed E-state index contributed by atoms with van der Waals surface area (Å²) >= 11 is 0. The van der Waals surface area contributed by atoms with Gasteiger partial charge < -0.3 is 11.1 Å². The van der Waals surface area contributed by atoms with Gasteiger partial charge in [-0.1, -0.05) is 42.5 Å². The molecular weight excluding hydrogens is 345 g/mol. The highest BCUT2D eigenvalue weighted by atomic mass is 19.4. The van der Waals surface area contributed by atoms with Gasteiger partial charge in [-0.2, -0.15) is 13.2 Å². The molecule has 0 saturated heterocycles. The van der Waals surface area contributed by atoms with E-state index >= 15 is 0 Å². The number of primary amides is 1. The Bertz CT molecular complexity index is 803. The fourth-order valence-corrected chi connectivity index (χ4v) is 2.57. The van der Waals surface area contributed by atoms with E-state index in [9.17, 15) is 22.8 Å².